The third kappa shape index (κ3) is 1.97. The molecule has 2 aromatic carbocycles. The summed E-state index contributed by atoms with van der Waals surface area (Å²) in [5, 5.41) is 0. The maximum absolute atomic E-state index is 11.8. The minimum Gasteiger partial charge on any atom is -0.448 e. The number of cyclic esters (lactones) is 1. The van der Waals surface area contributed by atoms with E-state index in [9.17, 15) is 4.79 Å². The zero-order valence-corrected chi connectivity index (χ0v) is 10.8. The van der Waals surface area contributed by atoms with Crippen LogP contribution in [0.2, 0.25) is 0 Å². The van der Waals surface area contributed by atoms with Gasteiger partial charge >= 0.3 is 5.97 Å². The normalized spacial score (nSPS) is 20.8. The molecule has 2 aromatic rings. The van der Waals surface area contributed by atoms with Gasteiger partial charge in [0.25, 0.3) is 5.79 Å². The van der Waals surface area contributed by atoms with Crippen molar-refractivity contribution in [2.45, 2.75) is 19.6 Å². The van der Waals surface area contributed by atoms with Crippen molar-refractivity contribution in [2.24, 2.45) is 0 Å². The summed E-state index contributed by atoms with van der Waals surface area (Å²) in [6.07, 6.45) is 0. The number of fused-ring (bicyclic) bond motifs is 1. The molecule has 0 radical (unpaired) electrons. The molecule has 3 nitrogen and oxygen atoms in total. The lowest BCUT2D eigenvalue weighted by atomic mass is 10.0. The van der Waals surface area contributed by atoms with Crippen LogP contribution in [0.3, 0.4) is 0 Å². The van der Waals surface area contributed by atoms with E-state index in [0.717, 1.165) is 11.1 Å². The molecule has 0 saturated carbocycles. The van der Waals surface area contributed by atoms with E-state index in [1.807, 2.05) is 49.4 Å². The van der Waals surface area contributed by atoms with Crippen LogP contribution in [0.4, 0.5) is 0 Å². The van der Waals surface area contributed by atoms with E-state index in [-0.39, 0.29) is 5.97 Å². The SMILES string of the molecule is Cc1cccc(OC2(C)OC(=O)c3ccccc32)c1. The molecule has 1 aliphatic heterocycles. The van der Waals surface area contributed by atoms with Gasteiger partial charge < -0.3 is 9.47 Å². The summed E-state index contributed by atoms with van der Waals surface area (Å²) in [7, 11) is 0. The summed E-state index contributed by atoms with van der Waals surface area (Å²) in [5.41, 5.74) is 2.43. The van der Waals surface area contributed by atoms with Crippen molar-refractivity contribution in [1.29, 1.82) is 0 Å². The molecule has 19 heavy (non-hydrogen) atoms. The zero-order valence-electron chi connectivity index (χ0n) is 10.8. The molecule has 0 fully saturated rings. The molecule has 1 heterocycles. The molecule has 0 spiro atoms. The number of aryl methyl sites for hydroxylation is 1. The van der Waals surface area contributed by atoms with Crippen LogP contribution < -0.4 is 4.74 Å². The van der Waals surface area contributed by atoms with Gasteiger partial charge in [0.05, 0.1) is 11.1 Å². The molecule has 0 bridgehead atoms. The van der Waals surface area contributed by atoms with Crippen LogP contribution >= 0.6 is 0 Å². The van der Waals surface area contributed by atoms with Gasteiger partial charge in [-0.3, -0.25) is 0 Å². The van der Waals surface area contributed by atoms with Gasteiger partial charge in [-0.25, -0.2) is 4.79 Å². The fourth-order valence-corrected chi connectivity index (χ4v) is 2.32. The van der Waals surface area contributed by atoms with Crippen LogP contribution in [0.5, 0.6) is 5.75 Å². The summed E-state index contributed by atoms with van der Waals surface area (Å²) >= 11 is 0. The first-order valence-corrected chi connectivity index (χ1v) is 6.17. The first-order valence-electron chi connectivity index (χ1n) is 6.17. The standard InChI is InChI=1S/C16H14O3/c1-11-6-5-7-12(10-11)18-16(2)14-9-4-3-8-13(14)15(17)19-16/h3-10H,1-2H3. The quantitative estimate of drug-likeness (QED) is 0.770. The minimum absolute atomic E-state index is 0.342. The molecule has 0 saturated heterocycles. The number of ether oxygens (including phenoxy) is 2. The Morgan fingerprint density at radius 1 is 1.11 bits per heavy atom. The van der Waals surface area contributed by atoms with Crippen molar-refractivity contribution in [3.05, 3.63) is 65.2 Å². The van der Waals surface area contributed by atoms with Crippen molar-refractivity contribution < 1.29 is 14.3 Å². The van der Waals surface area contributed by atoms with E-state index in [1.165, 1.54) is 0 Å². The first kappa shape index (κ1) is 11.8. The van der Waals surface area contributed by atoms with Crippen LogP contribution in [0, 0.1) is 6.92 Å². The van der Waals surface area contributed by atoms with E-state index >= 15 is 0 Å². The topological polar surface area (TPSA) is 35.5 Å². The van der Waals surface area contributed by atoms with Crippen LogP contribution in [0.1, 0.15) is 28.4 Å². The average molecular weight is 254 g/mol. The highest BCUT2D eigenvalue weighted by molar-refractivity contribution is 5.94. The van der Waals surface area contributed by atoms with Crippen molar-refractivity contribution in [3.8, 4) is 5.75 Å². The van der Waals surface area contributed by atoms with Gasteiger partial charge in [0.1, 0.15) is 5.75 Å². The molecule has 3 rings (SSSR count). The maximum atomic E-state index is 11.8. The molecule has 0 aliphatic carbocycles. The Balaban J connectivity index is 1.99. The molecule has 1 aliphatic rings. The summed E-state index contributed by atoms with van der Waals surface area (Å²) < 4.78 is 11.3. The van der Waals surface area contributed by atoms with Gasteiger partial charge in [0.15, 0.2) is 0 Å². The molecular weight excluding hydrogens is 240 g/mol. The summed E-state index contributed by atoms with van der Waals surface area (Å²) in [6.45, 7) is 3.75. The highest BCUT2D eigenvalue weighted by Gasteiger charge is 2.43. The molecule has 3 heteroatoms. The van der Waals surface area contributed by atoms with E-state index in [0.29, 0.717) is 11.3 Å². The predicted molar refractivity (Wildman–Crippen MR) is 71.0 cm³/mol. The highest BCUT2D eigenvalue weighted by Crippen LogP contribution is 2.37. The highest BCUT2D eigenvalue weighted by atomic mass is 16.7. The second-order valence-corrected chi connectivity index (χ2v) is 4.80. The Labute approximate surface area is 111 Å². The van der Waals surface area contributed by atoms with E-state index in [1.54, 1.807) is 13.0 Å². The second-order valence-electron chi connectivity index (χ2n) is 4.80. The Morgan fingerprint density at radius 2 is 1.89 bits per heavy atom. The fraction of sp³-hybridized carbons (Fsp3) is 0.188. The lowest BCUT2D eigenvalue weighted by Gasteiger charge is -2.25. The zero-order chi connectivity index (χ0) is 13.5. The Kier molecular flexibility index (Phi) is 2.56. The molecule has 0 N–H and O–H groups in total. The maximum Gasteiger partial charge on any atom is 0.342 e. The van der Waals surface area contributed by atoms with E-state index in [4.69, 9.17) is 9.47 Å². The summed E-state index contributed by atoms with van der Waals surface area (Å²) in [6, 6.07) is 15.0. The van der Waals surface area contributed by atoms with Crippen LogP contribution in [0.15, 0.2) is 48.5 Å². The number of carbonyl (C=O) groups excluding carboxylic acids is 1. The Morgan fingerprint density at radius 3 is 2.68 bits per heavy atom. The molecule has 1 atom stereocenters. The first-order chi connectivity index (χ1) is 9.08. The molecular formula is C16H14O3. The number of benzene rings is 2. The average Bonchev–Trinajstić information content (AvgIpc) is 2.62. The third-order valence-corrected chi connectivity index (χ3v) is 3.23. The summed E-state index contributed by atoms with van der Waals surface area (Å²) in [5.74, 6) is -0.709. The predicted octanol–water partition coefficient (Wildman–Crippen LogP) is 3.42. The minimum atomic E-state index is -1.05. The smallest absolute Gasteiger partial charge is 0.342 e. The van der Waals surface area contributed by atoms with Crippen molar-refractivity contribution in [2.75, 3.05) is 0 Å². The van der Waals surface area contributed by atoms with Crippen LogP contribution in [-0.2, 0) is 10.5 Å². The lowest BCUT2D eigenvalue weighted by Crippen LogP contribution is -2.29. The van der Waals surface area contributed by atoms with Crippen molar-refractivity contribution in [1.82, 2.24) is 0 Å². The van der Waals surface area contributed by atoms with Gasteiger partial charge in [-0.2, -0.15) is 0 Å². The van der Waals surface area contributed by atoms with Gasteiger partial charge in [0.2, 0.25) is 0 Å². The second kappa shape index (κ2) is 4.12. The largest absolute Gasteiger partial charge is 0.448 e. The Hall–Kier alpha value is -2.29. The number of hydrogen-bond acceptors (Lipinski definition) is 3. The monoisotopic (exact) mass is 254 g/mol. The van der Waals surface area contributed by atoms with E-state index in [2.05, 4.69) is 0 Å². The van der Waals surface area contributed by atoms with Crippen LogP contribution in [-0.4, -0.2) is 5.97 Å². The van der Waals surface area contributed by atoms with Gasteiger partial charge in [-0.05, 0) is 30.7 Å². The summed E-state index contributed by atoms with van der Waals surface area (Å²) in [4.78, 5) is 11.8. The number of esters is 1. The number of hydrogen-bond donors (Lipinski definition) is 0. The number of rotatable bonds is 2. The third-order valence-electron chi connectivity index (χ3n) is 3.23. The van der Waals surface area contributed by atoms with Gasteiger partial charge in [0, 0.05) is 6.92 Å². The molecule has 96 valence electrons. The Bertz CT molecular complexity index is 648. The molecule has 1 unspecified atom stereocenters. The molecule has 0 amide bonds. The van der Waals surface area contributed by atoms with Crippen LogP contribution in [0.25, 0.3) is 0 Å². The number of carbonyl (C=O) groups is 1. The van der Waals surface area contributed by atoms with E-state index < -0.39 is 5.79 Å². The lowest BCUT2D eigenvalue weighted by molar-refractivity contribution is -0.126. The van der Waals surface area contributed by atoms with Crippen molar-refractivity contribution >= 4 is 5.97 Å². The van der Waals surface area contributed by atoms with Crippen molar-refractivity contribution in [3.63, 3.8) is 0 Å². The van der Waals surface area contributed by atoms with Gasteiger partial charge in [-0.15, -0.1) is 0 Å². The van der Waals surface area contributed by atoms with Gasteiger partial charge in [-0.1, -0.05) is 30.3 Å². The fourth-order valence-electron chi connectivity index (χ4n) is 2.32. The molecule has 0 aromatic heterocycles.